The van der Waals surface area contributed by atoms with Crippen molar-refractivity contribution in [2.24, 2.45) is 0 Å². The average molecular weight is 334 g/mol. The van der Waals surface area contributed by atoms with E-state index in [1.54, 1.807) is 24.3 Å². The molecule has 6 nitrogen and oxygen atoms in total. The van der Waals surface area contributed by atoms with E-state index in [-0.39, 0.29) is 5.56 Å². The number of rotatable bonds is 6. The first kappa shape index (κ1) is 16.4. The molecule has 0 fully saturated rings. The molecule has 0 amide bonds. The lowest BCUT2D eigenvalue weighted by molar-refractivity contribution is 0.0697. The molecule has 6 heteroatoms. The fourth-order valence-corrected chi connectivity index (χ4v) is 2.33. The predicted molar refractivity (Wildman–Crippen MR) is 97.2 cm³/mol. The first-order valence-electron chi connectivity index (χ1n) is 7.84. The molecule has 0 aliphatic carbocycles. The third-order valence-electron chi connectivity index (χ3n) is 3.55. The molecular formula is C19H18N4O2. The minimum atomic E-state index is -0.947. The smallest absolute Gasteiger partial charge is 0.335 e. The summed E-state index contributed by atoms with van der Waals surface area (Å²) in [5.41, 5.74) is 2.98. The predicted octanol–water partition coefficient (Wildman–Crippen LogP) is 3.84. The highest BCUT2D eigenvalue weighted by molar-refractivity contribution is 5.88. The van der Waals surface area contributed by atoms with Crippen LogP contribution in [0.2, 0.25) is 0 Å². The van der Waals surface area contributed by atoms with E-state index < -0.39 is 5.97 Å². The number of carboxylic acid groups (broad SMARTS) is 1. The zero-order chi connectivity index (χ0) is 17.6. The summed E-state index contributed by atoms with van der Waals surface area (Å²) in [6.45, 7) is 2.53. The van der Waals surface area contributed by atoms with Crippen molar-refractivity contribution < 1.29 is 9.90 Å². The molecule has 0 aliphatic heterocycles. The Labute approximate surface area is 145 Å². The van der Waals surface area contributed by atoms with Crippen LogP contribution in [0.4, 0.5) is 17.5 Å². The number of aromatic nitrogens is 2. The van der Waals surface area contributed by atoms with Crippen LogP contribution in [0.1, 0.15) is 21.6 Å². The molecule has 0 spiro atoms. The Morgan fingerprint density at radius 1 is 1.04 bits per heavy atom. The molecule has 3 N–H and O–H groups in total. The number of nitrogens with zero attached hydrogens (tertiary/aromatic N) is 2. The standard InChI is InChI=1S/C19H18N4O2/c1-13-11-17(22-16-9-7-15(8-10-16)18(24)25)23-19(21-13)20-12-14-5-3-2-4-6-14/h2-11H,12H2,1H3,(H,24,25)(H2,20,21,22,23). The van der Waals surface area contributed by atoms with Crippen molar-refractivity contribution in [3.8, 4) is 0 Å². The van der Waals surface area contributed by atoms with Gasteiger partial charge in [0.05, 0.1) is 5.56 Å². The number of aryl methyl sites for hydroxylation is 1. The number of carboxylic acids is 1. The number of anilines is 3. The second kappa shape index (κ2) is 7.44. The van der Waals surface area contributed by atoms with Gasteiger partial charge in [-0.3, -0.25) is 0 Å². The minimum absolute atomic E-state index is 0.245. The second-order valence-electron chi connectivity index (χ2n) is 5.56. The molecule has 0 bridgehead atoms. The number of aromatic carboxylic acids is 1. The van der Waals surface area contributed by atoms with Crippen LogP contribution >= 0.6 is 0 Å². The summed E-state index contributed by atoms with van der Waals surface area (Å²) < 4.78 is 0. The van der Waals surface area contributed by atoms with E-state index in [0.29, 0.717) is 18.3 Å². The molecule has 2 aromatic carbocycles. The van der Waals surface area contributed by atoms with Crippen molar-refractivity contribution >= 4 is 23.4 Å². The van der Waals surface area contributed by atoms with Crippen LogP contribution in [0.25, 0.3) is 0 Å². The SMILES string of the molecule is Cc1cc(Nc2ccc(C(=O)O)cc2)nc(NCc2ccccc2)n1. The Morgan fingerprint density at radius 2 is 1.76 bits per heavy atom. The zero-order valence-electron chi connectivity index (χ0n) is 13.7. The van der Waals surface area contributed by atoms with Crippen molar-refractivity contribution in [2.75, 3.05) is 10.6 Å². The number of hydrogen-bond donors (Lipinski definition) is 3. The molecule has 0 aliphatic rings. The van der Waals surface area contributed by atoms with Crippen LogP contribution in [-0.2, 0) is 6.54 Å². The van der Waals surface area contributed by atoms with Gasteiger partial charge in [-0.05, 0) is 36.8 Å². The van der Waals surface area contributed by atoms with Gasteiger partial charge in [0.2, 0.25) is 5.95 Å². The van der Waals surface area contributed by atoms with Gasteiger partial charge in [-0.25, -0.2) is 9.78 Å². The largest absolute Gasteiger partial charge is 0.478 e. The van der Waals surface area contributed by atoms with Crippen LogP contribution in [-0.4, -0.2) is 21.0 Å². The second-order valence-corrected chi connectivity index (χ2v) is 5.56. The van der Waals surface area contributed by atoms with E-state index in [1.807, 2.05) is 43.3 Å². The molecule has 0 radical (unpaired) electrons. The van der Waals surface area contributed by atoms with Gasteiger partial charge < -0.3 is 15.7 Å². The summed E-state index contributed by atoms with van der Waals surface area (Å²) in [5, 5.41) is 15.3. The lowest BCUT2D eigenvalue weighted by atomic mass is 10.2. The molecule has 3 aromatic rings. The molecule has 1 heterocycles. The number of benzene rings is 2. The Bertz CT molecular complexity index is 864. The van der Waals surface area contributed by atoms with Gasteiger partial charge in [-0.15, -0.1) is 0 Å². The zero-order valence-corrected chi connectivity index (χ0v) is 13.7. The third-order valence-corrected chi connectivity index (χ3v) is 3.55. The number of carbonyl (C=O) groups is 1. The van der Waals surface area contributed by atoms with E-state index in [1.165, 1.54) is 0 Å². The molecule has 0 saturated carbocycles. The van der Waals surface area contributed by atoms with Crippen LogP contribution < -0.4 is 10.6 Å². The first-order valence-corrected chi connectivity index (χ1v) is 7.84. The van der Waals surface area contributed by atoms with Gasteiger partial charge in [0.15, 0.2) is 0 Å². The van der Waals surface area contributed by atoms with E-state index in [4.69, 9.17) is 5.11 Å². The highest BCUT2D eigenvalue weighted by atomic mass is 16.4. The third kappa shape index (κ3) is 4.54. The Balaban J connectivity index is 1.71. The minimum Gasteiger partial charge on any atom is -0.478 e. The van der Waals surface area contributed by atoms with Gasteiger partial charge in [0.25, 0.3) is 0 Å². The lowest BCUT2D eigenvalue weighted by Gasteiger charge is -2.10. The molecule has 0 saturated heterocycles. The Hall–Kier alpha value is -3.41. The number of hydrogen-bond acceptors (Lipinski definition) is 5. The topological polar surface area (TPSA) is 87.1 Å². The van der Waals surface area contributed by atoms with E-state index in [0.717, 1.165) is 16.9 Å². The lowest BCUT2D eigenvalue weighted by Crippen LogP contribution is -2.06. The Morgan fingerprint density at radius 3 is 2.44 bits per heavy atom. The summed E-state index contributed by atoms with van der Waals surface area (Å²) in [4.78, 5) is 19.7. The molecule has 0 unspecified atom stereocenters. The highest BCUT2D eigenvalue weighted by Crippen LogP contribution is 2.18. The van der Waals surface area contributed by atoms with Crippen LogP contribution in [0.3, 0.4) is 0 Å². The fraction of sp³-hybridized carbons (Fsp3) is 0.105. The molecule has 0 atom stereocenters. The van der Waals surface area contributed by atoms with Crippen molar-refractivity contribution in [1.82, 2.24) is 9.97 Å². The van der Waals surface area contributed by atoms with E-state index >= 15 is 0 Å². The van der Waals surface area contributed by atoms with Crippen LogP contribution in [0.15, 0.2) is 60.7 Å². The summed E-state index contributed by atoms with van der Waals surface area (Å²) >= 11 is 0. The number of nitrogens with one attached hydrogen (secondary N) is 2. The maximum Gasteiger partial charge on any atom is 0.335 e. The molecule has 3 rings (SSSR count). The molecule has 126 valence electrons. The van der Waals surface area contributed by atoms with Gasteiger partial charge in [0.1, 0.15) is 5.82 Å². The Kier molecular flexibility index (Phi) is 4.89. The van der Waals surface area contributed by atoms with Crippen molar-refractivity contribution in [3.05, 3.63) is 77.5 Å². The van der Waals surface area contributed by atoms with Gasteiger partial charge in [-0.2, -0.15) is 4.98 Å². The van der Waals surface area contributed by atoms with Crippen LogP contribution in [0, 0.1) is 6.92 Å². The van der Waals surface area contributed by atoms with E-state index in [2.05, 4.69) is 20.6 Å². The summed E-state index contributed by atoms with van der Waals surface area (Å²) in [6, 6.07) is 18.4. The normalized spacial score (nSPS) is 10.3. The van der Waals surface area contributed by atoms with Gasteiger partial charge in [0, 0.05) is 24.0 Å². The first-order chi connectivity index (χ1) is 12.1. The van der Waals surface area contributed by atoms with Crippen LogP contribution in [0.5, 0.6) is 0 Å². The summed E-state index contributed by atoms with van der Waals surface area (Å²) in [7, 11) is 0. The molecule has 1 aromatic heterocycles. The maximum atomic E-state index is 10.9. The van der Waals surface area contributed by atoms with E-state index in [9.17, 15) is 4.79 Å². The summed E-state index contributed by atoms with van der Waals surface area (Å²) in [5.74, 6) is 0.233. The monoisotopic (exact) mass is 334 g/mol. The highest BCUT2D eigenvalue weighted by Gasteiger charge is 2.05. The van der Waals surface area contributed by atoms with Crippen molar-refractivity contribution in [3.63, 3.8) is 0 Å². The molecular weight excluding hydrogens is 316 g/mol. The maximum absolute atomic E-state index is 10.9. The molecule has 25 heavy (non-hydrogen) atoms. The quantitative estimate of drug-likeness (QED) is 0.635. The van der Waals surface area contributed by atoms with Crippen molar-refractivity contribution in [1.29, 1.82) is 0 Å². The van der Waals surface area contributed by atoms with Crippen molar-refractivity contribution in [2.45, 2.75) is 13.5 Å². The fourth-order valence-electron chi connectivity index (χ4n) is 2.33. The summed E-state index contributed by atoms with van der Waals surface area (Å²) in [6.07, 6.45) is 0. The van der Waals surface area contributed by atoms with Gasteiger partial charge in [-0.1, -0.05) is 30.3 Å². The average Bonchev–Trinajstić information content (AvgIpc) is 2.61. The van der Waals surface area contributed by atoms with Gasteiger partial charge >= 0.3 is 5.97 Å².